The van der Waals surface area contributed by atoms with Crippen LogP contribution in [0.15, 0.2) is 48.6 Å². The third kappa shape index (κ3) is 25.7. The van der Waals surface area contributed by atoms with Gasteiger partial charge in [0.05, 0.1) is 19.8 Å². The molecule has 296 valence electrons. The van der Waals surface area contributed by atoms with Crippen molar-refractivity contribution in [1.82, 2.24) is 0 Å². The number of hydrogen-bond donors (Lipinski definition) is 4. The summed E-state index contributed by atoms with van der Waals surface area (Å²) in [6.07, 6.45) is 32.8. The highest BCUT2D eigenvalue weighted by Crippen LogP contribution is 2.22. The molecule has 0 aromatic rings. The maximum absolute atomic E-state index is 12.7. The summed E-state index contributed by atoms with van der Waals surface area (Å²) in [5.41, 5.74) is 0. The molecule has 0 bridgehead atoms. The summed E-state index contributed by atoms with van der Waals surface area (Å²) in [4.78, 5) is 12.7. The van der Waals surface area contributed by atoms with Gasteiger partial charge in [-0.05, 0) is 51.4 Å². The van der Waals surface area contributed by atoms with Crippen molar-refractivity contribution < 1.29 is 44.2 Å². The number of aliphatic hydroxyl groups is 4. The van der Waals surface area contributed by atoms with Gasteiger partial charge < -0.3 is 39.4 Å². The van der Waals surface area contributed by atoms with Crippen molar-refractivity contribution in [3.63, 3.8) is 0 Å². The molecule has 1 heterocycles. The second kappa shape index (κ2) is 34.0. The lowest BCUT2D eigenvalue weighted by molar-refractivity contribution is -0.305. The van der Waals surface area contributed by atoms with E-state index in [1.54, 1.807) is 0 Å². The van der Waals surface area contributed by atoms with Gasteiger partial charge in [-0.3, -0.25) is 4.79 Å². The van der Waals surface area contributed by atoms with Crippen LogP contribution in [0.3, 0.4) is 0 Å². The van der Waals surface area contributed by atoms with Gasteiger partial charge in [-0.2, -0.15) is 0 Å². The summed E-state index contributed by atoms with van der Waals surface area (Å²) in [6.45, 7) is 4.37. The zero-order chi connectivity index (χ0) is 37.2. The highest BCUT2D eigenvalue weighted by molar-refractivity contribution is 5.69. The third-order valence-corrected chi connectivity index (χ3v) is 9.01. The Balaban J connectivity index is 2.30. The Morgan fingerprint density at radius 3 is 1.80 bits per heavy atom. The van der Waals surface area contributed by atoms with E-state index in [0.717, 1.165) is 70.6 Å². The van der Waals surface area contributed by atoms with Crippen LogP contribution in [0.5, 0.6) is 0 Å². The van der Waals surface area contributed by atoms with E-state index in [2.05, 4.69) is 62.5 Å². The SMILES string of the molecule is CC/C=C\C/C=C\C/C=C\C/C=C\CCCCCCCOCC(COC1OC(CO)C(O)C(O)C1O)OC(=O)CCCCCCCCCCCC. The van der Waals surface area contributed by atoms with E-state index in [-0.39, 0.29) is 19.2 Å². The van der Waals surface area contributed by atoms with Gasteiger partial charge in [0.2, 0.25) is 0 Å². The number of ether oxygens (including phenoxy) is 4. The molecule has 1 aliphatic rings. The van der Waals surface area contributed by atoms with E-state index in [9.17, 15) is 25.2 Å². The fraction of sp³-hybridized carbons (Fsp3) is 0.786. The van der Waals surface area contributed by atoms with E-state index < -0.39 is 43.4 Å². The second-order valence-electron chi connectivity index (χ2n) is 13.7. The Hall–Kier alpha value is -1.85. The summed E-state index contributed by atoms with van der Waals surface area (Å²) >= 11 is 0. The molecule has 0 aliphatic carbocycles. The zero-order valence-electron chi connectivity index (χ0n) is 32.1. The molecule has 1 rings (SSSR count). The molecule has 9 nitrogen and oxygen atoms in total. The van der Waals surface area contributed by atoms with Crippen LogP contribution in [-0.2, 0) is 23.7 Å². The van der Waals surface area contributed by atoms with Gasteiger partial charge in [0, 0.05) is 13.0 Å². The zero-order valence-corrected chi connectivity index (χ0v) is 32.1. The van der Waals surface area contributed by atoms with Crippen LogP contribution in [0, 0.1) is 0 Å². The van der Waals surface area contributed by atoms with Crippen LogP contribution in [0.1, 0.15) is 149 Å². The van der Waals surface area contributed by atoms with Gasteiger partial charge in [0.15, 0.2) is 6.29 Å². The standard InChI is InChI=1S/C42H74O9/c1-3-5-7-9-11-13-15-16-17-18-19-20-21-22-24-26-28-30-32-48-34-36(35-49-42-41(47)40(46)39(45)37(33-43)51-42)50-38(44)31-29-27-25-23-14-12-10-8-6-4-2/h5,7,11,13,16-17,19-20,36-37,39-43,45-47H,3-4,6,8-10,12,14-15,18,21-35H2,1-2H3/b7-5-,13-11-,17-16-,20-19-. The van der Waals surface area contributed by atoms with Crippen LogP contribution < -0.4 is 0 Å². The molecule has 51 heavy (non-hydrogen) atoms. The molecule has 9 heteroatoms. The molecule has 0 saturated carbocycles. The van der Waals surface area contributed by atoms with Gasteiger partial charge in [-0.1, -0.05) is 140 Å². The Morgan fingerprint density at radius 1 is 0.647 bits per heavy atom. The largest absolute Gasteiger partial charge is 0.457 e. The maximum Gasteiger partial charge on any atom is 0.306 e. The minimum atomic E-state index is -1.54. The number of aliphatic hydroxyl groups excluding tert-OH is 4. The molecule has 0 spiro atoms. The van der Waals surface area contributed by atoms with Crippen LogP contribution in [0.2, 0.25) is 0 Å². The van der Waals surface area contributed by atoms with Gasteiger partial charge in [-0.15, -0.1) is 0 Å². The smallest absolute Gasteiger partial charge is 0.306 e. The van der Waals surface area contributed by atoms with Crippen LogP contribution in [0.25, 0.3) is 0 Å². The number of carbonyl (C=O) groups is 1. The van der Waals surface area contributed by atoms with Crippen molar-refractivity contribution in [1.29, 1.82) is 0 Å². The summed E-state index contributed by atoms with van der Waals surface area (Å²) in [5.74, 6) is -0.325. The number of rotatable bonds is 33. The second-order valence-corrected chi connectivity index (χ2v) is 13.7. The van der Waals surface area contributed by atoms with Crippen LogP contribution in [-0.4, -0.2) is 89.6 Å². The Bertz CT molecular complexity index is 916. The first kappa shape index (κ1) is 47.2. The maximum atomic E-state index is 12.7. The van der Waals surface area contributed by atoms with Gasteiger partial charge in [-0.25, -0.2) is 0 Å². The van der Waals surface area contributed by atoms with E-state index in [1.807, 2.05) is 0 Å². The van der Waals surface area contributed by atoms with Gasteiger partial charge >= 0.3 is 5.97 Å². The molecular weight excluding hydrogens is 648 g/mol. The number of carbonyl (C=O) groups excluding carboxylic acids is 1. The average molecular weight is 723 g/mol. The highest BCUT2D eigenvalue weighted by atomic mass is 16.7. The predicted molar refractivity (Wildman–Crippen MR) is 205 cm³/mol. The molecule has 0 amide bonds. The third-order valence-electron chi connectivity index (χ3n) is 9.01. The Kier molecular flexibility index (Phi) is 31.4. The average Bonchev–Trinajstić information content (AvgIpc) is 3.13. The lowest BCUT2D eigenvalue weighted by Gasteiger charge is -2.39. The van der Waals surface area contributed by atoms with Crippen molar-refractivity contribution in [2.24, 2.45) is 0 Å². The van der Waals surface area contributed by atoms with Crippen molar-refractivity contribution in [2.75, 3.05) is 26.4 Å². The first-order chi connectivity index (χ1) is 24.9. The monoisotopic (exact) mass is 723 g/mol. The van der Waals surface area contributed by atoms with Crippen molar-refractivity contribution in [3.8, 4) is 0 Å². The fourth-order valence-electron chi connectivity index (χ4n) is 5.83. The quantitative estimate of drug-likeness (QED) is 0.0301. The first-order valence-corrected chi connectivity index (χ1v) is 20.2. The van der Waals surface area contributed by atoms with Gasteiger partial charge in [0.25, 0.3) is 0 Å². The van der Waals surface area contributed by atoms with E-state index in [1.165, 1.54) is 57.8 Å². The lowest BCUT2D eigenvalue weighted by Crippen LogP contribution is -2.59. The summed E-state index contributed by atoms with van der Waals surface area (Å²) in [5, 5.41) is 40.0. The number of unbranched alkanes of at least 4 members (excludes halogenated alkanes) is 14. The van der Waals surface area contributed by atoms with E-state index in [0.29, 0.717) is 13.0 Å². The number of esters is 1. The highest BCUT2D eigenvalue weighted by Gasteiger charge is 2.44. The molecule has 1 saturated heterocycles. The summed E-state index contributed by atoms with van der Waals surface area (Å²) < 4.78 is 22.7. The minimum Gasteiger partial charge on any atom is -0.457 e. The van der Waals surface area contributed by atoms with E-state index in [4.69, 9.17) is 18.9 Å². The first-order valence-electron chi connectivity index (χ1n) is 20.2. The minimum absolute atomic E-state index is 0.121. The lowest BCUT2D eigenvalue weighted by atomic mass is 9.99. The number of allylic oxidation sites excluding steroid dienone is 8. The molecule has 0 radical (unpaired) electrons. The van der Waals surface area contributed by atoms with Crippen LogP contribution >= 0.6 is 0 Å². The molecule has 0 aromatic carbocycles. The Morgan fingerprint density at radius 2 is 1.20 bits per heavy atom. The fourth-order valence-corrected chi connectivity index (χ4v) is 5.83. The van der Waals surface area contributed by atoms with Crippen LogP contribution in [0.4, 0.5) is 0 Å². The topological polar surface area (TPSA) is 135 Å². The normalized spacial score (nSPS) is 21.9. The molecule has 6 atom stereocenters. The molecule has 1 fully saturated rings. The van der Waals surface area contributed by atoms with E-state index >= 15 is 0 Å². The van der Waals surface area contributed by atoms with Crippen molar-refractivity contribution in [2.45, 2.75) is 185 Å². The molecule has 6 unspecified atom stereocenters. The van der Waals surface area contributed by atoms with Gasteiger partial charge in [0.1, 0.15) is 30.5 Å². The molecule has 0 aromatic heterocycles. The predicted octanol–water partition coefficient (Wildman–Crippen LogP) is 8.19. The Labute approximate surface area is 310 Å². The number of hydrogen-bond acceptors (Lipinski definition) is 9. The van der Waals surface area contributed by atoms with Crippen molar-refractivity contribution in [3.05, 3.63) is 48.6 Å². The molecule has 1 aliphatic heterocycles. The molecule has 4 N–H and O–H groups in total. The molecular formula is C42H74O9. The summed E-state index contributed by atoms with van der Waals surface area (Å²) in [6, 6.07) is 0. The van der Waals surface area contributed by atoms with Crippen molar-refractivity contribution >= 4 is 5.97 Å². The summed E-state index contributed by atoms with van der Waals surface area (Å²) in [7, 11) is 0.